The molecule has 4 rings (SSSR count). The number of benzene rings is 2. The molecule has 2 aliphatic heterocycles. The average Bonchev–Trinajstić information content (AvgIpc) is 2.93. The molecule has 0 saturated carbocycles. The van der Waals surface area contributed by atoms with Crippen molar-refractivity contribution in [3.8, 4) is 0 Å². The minimum Gasteiger partial charge on any atom is -0.368 e. The van der Waals surface area contributed by atoms with Crippen molar-refractivity contribution in [2.75, 3.05) is 42.1 Å². The SMILES string of the molecule is O=C1Nc2ccccc2CCC1SCCC(=O)N1CCN(c2ccccc2)CC1. The van der Waals surface area contributed by atoms with E-state index >= 15 is 0 Å². The van der Waals surface area contributed by atoms with Gasteiger partial charge in [0.15, 0.2) is 0 Å². The fraction of sp³-hybridized carbons (Fsp3) is 0.391. The zero-order valence-corrected chi connectivity index (χ0v) is 17.4. The molecule has 0 spiro atoms. The van der Waals surface area contributed by atoms with Gasteiger partial charge in [-0.05, 0) is 36.6 Å². The van der Waals surface area contributed by atoms with Crippen molar-refractivity contribution in [3.05, 3.63) is 60.2 Å². The molecular formula is C23H27N3O2S. The number of amides is 2. The molecule has 152 valence electrons. The first-order chi connectivity index (χ1) is 14.2. The Bertz CT molecular complexity index is 850. The van der Waals surface area contributed by atoms with Crippen LogP contribution < -0.4 is 10.2 Å². The monoisotopic (exact) mass is 409 g/mol. The van der Waals surface area contributed by atoms with Crippen LogP contribution in [0.4, 0.5) is 11.4 Å². The van der Waals surface area contributed by atoms with Gasteiger partial charge < -0.3 is 15.1 Å². The summed E-state index contributed by atoms with van der Waals surface area (Å²) in [4.78, 5) is 29.4. The van der Waals surface area contributed by atoms with Gasteiger partial charge in [0, 0.05) is 49.7 Å². The van der Waals surface area contributed by atoms with Gasteiger partial charge in [-0.3, -0.25) is 9.59 Å². The van der Waals surface area contributed by atoms with E-state index in [1.54, 1.807) is 11.8 Å². The zero-order chi connectivity index (χ0) is 20.1. The Morgan fingerprint density at radius 2 is 1.72 bits per heavy atom. The lowest BCUT2D eigenvalue weighted by Gasteiger charge is -2.36. The van der Waals surface area contributed by atoms with Gasteiger partial charge in [-0.25, -0.2) is 0 Å². The third-order valence-electron chi connectivity index (χ3n) is 5.63. The molecule has 0 aliphatic carbocycles. The highest BCUT2D eigenvalue weighted by Gasteiger charge is 2.25. The summed E-state index contributed by atoms with van der Waals surface area (Å²) in [5.41, 5.74) is 3.33. The molecule has 2 heterocycles. The molecule has 0 radical (unpaired) electrons. The van der Waals surface area contributed by atoms with Gasteiger partial charge in [-0.1, -0.05) is 36.4 Å². The largest absolute Gasteiger partial charge is 0.368 e. The zero-order valence-electron chi connectivity index (χ0n) is 16.5. The molecule has 2 aliphatic rings. The Hall–Kier alpha value is -2.47. The molecule has 1 atom stereocenters. The highest BCUT2D eigenvalue weighted by molar-refractivity contribution is 8.00. The van der Waals surface area contributed by atoms with E-state index in [0.29, 0.717) is 12.2 Å². The molecule has 2 aromatic carbocycles. The summed E-state index contributed by atoms with van der Waals surface area (Å²) in [7, 11) is 0. The van der Waals surface area contributed by atoms with Crippen molar-refractivity contribution >= 4 is 35.0 Å². The number of aryl methyl sites for hydroxylation is 1. The van der Waals surface area contributed by atoms with Crippen LogP contribution in [0.5, 0.6) is 0 Å². The van der Waals surface area contributed by atoms with E-state index in [-0.39, 0.29) is 17.1 Å². The van der Waals surface area contributed by atoms with Crippen molar-refractivity contribution in [3.63, 3.8) is 0 Å². The molecule has 5 nitrogen and oxygen atoms in total. The van der Waals surface area contributed by atoms with Crippen LogP contribution in [0, 0.1) is 0 Å². The molecule has 6 heteroatoms. The third kappa shape index (κ3) is 4.93. The second-order valence-electron chi connectivity index (χ2n) is 7.50. The second kappa shape index (κ2) is 9.35. The number of hydrogen-bond donors (Lipinski definition) is 1. The molecule has 1 fully saturated rings. The number of thioether (sulfide) groups is 1. The molecule has 1 saturated heterocycles. The Kier molecular flexibility index (Phi) is 6.39. The van der Waals surface area contributed by atoms with Crippen molar-refractivity contribution < 1.29 is 9.59 Å². The summed E-state index contributed by atoms with van der Waals surface area (Å²) in [5.74, 6) is 0.943. The summed E-state index contributed by atoms with van der Waals surface area (Å²) in [6, 6.07) is 18.3. The van der Waals surface area contributed by atoms with Gasteiger partial charge in [0.25, 0.3) is 0 Å². The van der Waals surface area contributed by atoms with Crippen LogP contribution in [-0.2, 0) is 16.0 Å². The molecule has 0 bridgehead atoms. The molecular weight excluding hydrogens is 382 g/mol. The number of nitrogens with zero attached hydrogens (tertiary/aromatic N) is 2. The van der Waals surface area contributed by atoms with Gasteiger partial charge in [0.05, 0.1) is 5.25 Å². The highest BCUT2D eigenvalue weighted by Crippen LogP contribution is 2.27. The number of fused-ring (bicyclic) bond motifs is 1. The van der Waals surface area contributed by atoms with Crippen molar-refractivity contribution in [1.29, 1.82) is 0 Å². The van der Waals surface area contributed by atoms with Crippen molar-refractivity contribution in [1.82, 2.24) is 4.90 Å². The Morgan fingerprint density at radius 3 is 2.52 bits per heavy atom. The molecule has 1 N–H and O–H groups in total. The normalized spacial score (nSPS) is 19.3. The summed E-state index contributed by atoms with van der Waals surface area (Å²) >= 11 is 1.61. The van der Waals surface area contributed by atoms with Gasteiger partial charge in [-0.2, -0.15) is 0 Å². The van der Waals surface area contributed by atoms with E-state index in [1.165, 1.54) is 11.3 Å². The maximum atomic E-state index is 12.6. The van der Waals surface area contributed by atoms with Crippen LogP contribution in [0.1, 0.15) is 18.4 Å². The van der Waals surface area contributed by atoms with Crippen LogP contribution in [0.15, 0.2) is 54.6 Å². The van der Waals surface area contributed by atoms with E-state index in [1.807, 2.05) is 41.3 Å². The topological polar surface area (TPSA) is 52.7 Å². The summed E-state index contributed by atoms with van der Waals surface area (Å²) in [5, 5.41) is 2.94. The lowest BCUT2D eigenvalue weighted by atomic mass is 10.1. The highest BCUT2D eigenvalue weighted by atomic mass is 32.2. The first kappa shape index (κ1) is 19.8. The quantitative estimate of drug-likeness (QED) is 0.822. The van der Waals surface area contributed by atoms with Gasteiger partial charge in [-0.15, -0.1) is 11.8 Å². The molecule has 1 unspecified atom stereocenters. The predicted octanol–water partition coefficient (Wildman–Crippen LogP) is 3.41. The van der Waals surface area contributed by atoms with Crippen LogP contribution in [0.3, 0.4) is 0 Å². The standard InChI is InChI=1S/C23H27N3O2S/c27-22(26-15-13-25(14-16-26)19-7-2-1-3-8-19)12-17-29-21-11-10-18-6-4-5-9-20(18)24-23(21)28/h1-9,21H,10-17H2,(H,24,28). The molecule has 29 heavy (non-hydrogen) atoms. The number of para-hydroxylation sites is 2. The number of carbonyl (C=O) groups is 2. The summed E-state index contributed by atoms with van der Waals surface area (Å²) in [6.45, 7) is 3.26. The lowest BCUT2D eigenvalue weighted by Crippen LogP contribution is -2.48. The van der Waals surface area contributed by atoms with Gasteiger partial charge in [0.1, 0.15) is 0 Å². The van der Waals surface area contributed by atoms with Crippen LogP contribution in [-0.4, -0.2) is 53.9 Å². The van der Waals surface area contributed by atoms with Gasteiger partial charge >= 0.3 is 0 Å². The van der Waals surface area contributed by atoms with E-state index in [0.717, 1.165) is 44.7 Å². The molecule has 2 amide bonds. The number of anilines is 2. The summed E-state index contributed by atoms with van der Waals surface area (Å²) < 4.78 is 0. The van der Waals surface area contributed by atoms with E-state index in [2.05, 4.69) is 28.4 Å². The summed E-state index contributed by atoms with van der Waals surface area (Å²) in [6.07, 6.45) is 2.20. The molecule has 0 aromatic heterocycles. The number of hydrogen-bond acceptors (Lipinski definition) is 4. The number of carbonyl (C=O) groups excluding carboxylic acids is 2. The Labute approximate surface area is 176 Å². The van der Waals surface area contributed by atoms with Crippen molar-refractivity contribution in [2.24, 2.45) is 0 Å². The Morgan fingerprint density at radius 1 is 1.00 bits per heavy atom. The van der Waals surface area contributed by atoms with Crippen LogP contribution in [0.25, 0.3) is 0 Å². The maximum absolute atomic E-state index is 12.6. The number of piperazine rings is 1. The van der Waals surface area contributed by atoms with E-state index < -0.39 is 0 Å². The Balaban J connectivity index is 1.21. The fourth-order valence-corrected chi connectivity index (χ4v) is 5.02. The minimum atomic E-state index is -0.0925. The second-order valence-corrected chi connectivity index (χ2v) is 8.81. The maximum Gasteiger partial charge on any atom is 0.237 e. The number of nitrogens with one attached hydrogen (secondary N) is 1. The molecule has 2 aromatic rings. The first-order valence-corrected chi connectivity index (χ1v) is 11.3. The van der Waals surface area contributed by atoms with Crippen LogP contribution >= 0.6 is 11.8 Å². The van der Waals surface area contributed by atoms with Gasteiger partial charge in [0.2, 0.25) is 11.8 Å². The number of rotatable bonds is 5. The smallest absolute Gasteiger partial charge is 0.237 e. The average molecular weight is 410 g/mol. The van der Waals surface area contributed by atoms with E-state index in [4.69, 9.17) is 0 Å². The van der Waals surface area contributed by atoms with Crippen LogP contribution in [0.2, 0.25) is 0 Å². The van der Waals surface area contributed by atoms with Crippen molar-refractivity contribution in [2.45, 2.75) is 24.5 Å². The lowest BCUT2D eigenvalue weighted by molar-refractivity contribution is -0.131. The fourth-order valence-electron chi connectivity index (χ4n) is 3.95. The minimum absolute atomic E-state index is 0.0591. The van der Waals surface area contributed by atoms with E-state index in [9.17, 15) is 9.59 Å². The first-order valence-electron chi connectivity index (χ1n) is 10.3. The predicted molar refractivity (Wildman–Crippen MR) is 119 cm³/mol. The third-order valence-corrected chi connectivity index (χ3v) is 6.92.